The van der Waals surface area contributed by atoms with Crippen LogP contribution in [0.4, 0.5) is 22.7 Å². The van der Waals surface area contributed by atoms with E-state index >= 15 is 0 Å². The highest BCUT2D eigenvalue weighted by atomic mass is 35.5. The number of hydrogen-bond donors (Lipinski definition) is 1. The number of nitrogens with one attached hydrogen (secondary N) is 1. The van der Waals surface area contributed by atoms with Crippen LogP contribution in [0.3, 0.4) is 0 Å². The van der Waals surface area contributed by atoms with E-state index in [1.165, 1.54) is 44.4 Å². The van der Waals surface area contributed by atoms with Gasteiger partial charge in [-0.1, -0.05) is 17.7 Å². The van der Waals surface area contributed by atoms with Gasteiger partial charge in [0.05, 0.1) is 24.1 Å². The van der Waals surface area contributed by atoms with Crippen molar-refractivity contribution in [3.8, 4) is 5.75 Å². The van der Waals surface area contributed by atoms with Gasteiger partial charge in [-0.3, -0.25) is 19.7 Å². The molecule has 0 heterocycles. The van der Waals surface area contributed by atoms with Gasteiger partial charge in [0.15, 0.2) is 5.69 Å². The third-order valence-corrected chi connectivity index (χ3v) is 3.61. The van der Waals surface area contributed by atoms with Crippen molar-refractivity contribution in [2.45, 2.75) is 13.3 Å². The number of benzene rings is 2. The van der Waals surface area contributed by atoms with Crippen molar-refractivity contribution in [3.05, 3.63) is 51.5 Å². The van der Waals surface area contributed by atoms with Crippen molar-refractivity contribution in [1.29, 1.82) is 0 Å². The normalized spacial score (nSPS) is 10.6. The Morgan fingerprint density at radius 1 is 1.22 bits per heavy atom. The number of azo groups is 1. The third kappa shape index (κ3) is 5.32. The molecule has 0 unspecified atom stereocenters. The fourth-order valence-corrected chi connectivity index (χ4v) is 2.36. The zero-order valence-corrected chi connectivity index (χ0v) is 15.2. The van der Waals surface area contributed by atoms with E-state index in [1.807, 2.05) is 0 Å². The van der Waals surface area contributed by atoms with Gasteiger partial charge in [-0.05, 0) is 31.2 Å². The van der Waals surface area contributed by atoms with Crippen LogP contribution in [0.2, 0.25) is 5.02 Å². The molecule has 0 aromatic heterocycles. The van der Waals surface area contributed by atoms with Crippen molar-refractivity contribution in [3.63, 3.8) is 0 Å². The average molecular weight is 391 g/mol. The zero-order chi connectivity index (χ0) is 20.0. The lowest BCUT2D eigenvalue weighted by Crippen LogP contribution is -2.14. The zero-order valence-electron chi connectivity index (χ0n) is 14.4. The first kappa shape index (κ1) is 20.0. The molecule has 0 aliphatic rings. The second-order valence-electron chi connectivity index (χ2n) is 5.37. The Balaban J connectivity index is 2.41. The SMILES string of the molecule is COc1ccc(NC(=O)CC(C)=O)c(N=Nc2cccc(Cl)c2[N+](=O)[O-])c1. The summed E-state index contributed by atoms with van der Waals surface area (Å²) in [6, 6.07) is 8.87. The molecule has 0 aliphatic carbocycles. The lowest BCUT2D eigenvalue weighted by Gasteiger charge is -2.09. The monoisotopic (exact) mass is 390 g/mol. The van der Waals surface area contributed by atoms with E-state index in [9.17, 15) is 19.7 Å². The molecule has 2 rings (SSSR count). The highest BCUT2D eigenvalue weighted by molar-refractivity contribution is 6.33. The molecule has 140 valence electrons. The highest BCUT2D eigenvalue weighted by Crippen LogP contribution is 2.37. The number of ketones is 1. The van der Waals surface area contributed by atoms with Gasteiger partial charge in [0.2, 0.25) is 5.91 Å². The minimum Gasteiger partial charge on any atom is -0.497 e. The van der Waals surface area contributed by atoms with Gasteiger partial charge in [0, 0.05) is 6.07 Å². The van der Waals surface area contributed by atoms with E-state index in [0.29, 0.717) is 5.75 Å². The summed E-state index contributed by atoms with van der Waals surface area (Å²) in [5.41, 5.74) is 0.0420. The Bertz CT molecular complexity index is 930. The number of halogens is 1. The fourth-order valence-electron chi connectivity index (χ4n) is 2.12. The molecular formula is C17H15ClN4O5. The van der Waals surface area contributed by atoms with Crippen LogP contribution in [-0.4, -0.2) is 23.7 Å². The molecule has 0 atom stereocenters. The number of Topliss-reactive ketones (excluding diaryl/α,β-unsaturated/α-hetero) is 1. The van der Waals surface area contributed by atoms with Crippen LogP contribution >= 0.6 is 11.6 Å². The number of hydrogen-bond acceptors (Lipinski definition) is 7. The Kier molecular flexibility index (Phi) is 6.56. The second kappa shape index (κ2) is 8.86. The topological polar surface area (TPSA) is 123 Å². The molecule has 0 saturated carbocycles. The summed E-state index contributed by atoms with van der Waals surface area (Å²) in [7, 11) is 1.45. The first-order valence-corrected chi connectivity index (χ1v) is 8.01. The van der Waals surface area contributed by atoms with E-state index in [-0.39, 0.29) is 40.0 Å². The van der Waals surface area contributed by atoms with Crippen LogP contribution in [0, 0.1) is 10.1 Å². The number of ether oxygens (including phenoxy) is 1. The highest BCUT2D eigenvalue weighted by Gasteiger charge is 2.18. The summed E-state index contributed by atoms with van der Waals surface area (Å²) >= 11 is 5.85. The predicted octanol–water partition coefficient (Wildman–Crippen LogP) is 4.59. The Labute approximate surface area is 159 Å². The molecule has 0 fully saturated rings. The van der Waals surface area contributed by atoms with Crippen LogP contribution in [0.5, 0.6) is 5.75 Å². The molecule has 9 nitrogen and oxygen atoms in total. The molecule has 10 heteroatoms. The van der Waals surface area contributed by atoms with Crippen molar-refractivity contribution in [1.82, 2.24) is 0 Å². The number of nitro benzene ring substituents is 1. The van der Waals surface area contributed by atoms with Gasteiger partial charge in [0.1, 0.15) is 22.2 Å². The molecule has 0 radical (unpaired) electrons. The Morgan fingerprint density at radius 2 is 1.93 bits per heavy atom. The number of carbonyl (C=O) groups is 2. The molecule has 2 aromatic rings. The van der Waals surface area contributed by atoms with E-state index in [0.717, 1.165) is 0 Å². The summed E-state index contributed by atoms with van der Waals surface area (Å²) in [5, 5.41) is 21.5. The van der Waals surface area contributed by atoms with Gasteiger partial charge >= 0.3 is 5.69 Å². The largest absolute Gasteiger partial charge is 0.497 e. The van der Waals surface area contributed by atoms with E-state index in [4.69, 9.17) is 16.3 Å². The number of methoxy groups -OCH3 is 1. The van der Waals surface area contributed by atoms with E-state index < -0.39 is 10.8 Å². The lowest BCUT2D eigenvalue weighted by atomic mass is 10.2. The maximum atomic E-state index is 11.8. The Morgan fingerprint density at radius 3 is 2.56 bits per heavy atom. The quantitative estimate of drug-likeness (QED) is 0.320. The van der Waals surface area contributed by atoms with Crippen LogP contribution < -0.4 is 10.1 Å². The van der Waals surface area contributed by atoms with Gasteiger partial charge in [-0.15, -0.1) is 10.2 Å². The van der Waals surface area contributed by atoms with Gasteiger partial charge in [0.25, 0.3) is 0 Å². The fraction of sp³-hybridized carbons (Fsp3) is 0.176. The molecule has 0 saturated heterocycles. The molecule has 1 amide bonds. The molecule has 0 spiro atoms. The van der Waals surface area contributed by atoms with E-state index in [1.54, 1.807) is 6.07 Å². The van der Waals surface area contributed by atoms with Crippen molar-refractivity contribution < 1.29 is 19.2 Å². The van der Waals surface area contributed by atoms with Crippen molar-refractivity contribution in [2.75, 3.05) is 12.4 Å². The summed E-state index contributed by atoms with van der Waals surface area (Å²) in [6.07, 6.45) is -0.289. The number of nitro groups is 1. The first-order chi connectivity index (χ1) is 12.8. The van der Waals surface area contributed by atoms with Gasteiger partial charge in [-0.2, -0.15) is 0 Å². The van der Waals surface area contributed by atoms with Gasteiger partial charge < -0.3 is 10.1 Å². The minimum atomic E-state index is -0.655. The minimum absolute atomic E-state index is 0.0451. The lowest BCUT2D eigenvalue weighted by molar-refractivity contribution is -0.383. The molecule has 1 N–H and O–H groups in total. The third-order valence-electron chi connectivity index (χ3n) is 3.30. The Hall–Kier alpha value is -3.33. The summed E-state index contributed by atoms with van der Waals surface area (Å²) in [4.78, 5) is 33.4. The first-order valence-electron chi connectivity index (χ1n) is 7.63. The predicted molar refractivity (Wildman–Crippen MR) is 99.2 cm³/mol. The van der Waals surface area contributed by atoms with Crippen molar-refractivity contribution >= 4 is 46.0 Å². The maximum absolute atomic E-state index is 11.8. The molecular weight excluding hydrogens is 376 g/mol. The summed E-state index contributed by atoms with van der Waals surface area (Å²) in [5.74, 6) is -0.370. The van der Waals surface area contributed by atoms with Crippen LogP contribution in [0.1, 0.15) is 13.3 Å². The molecule has 0 aliphatic heterocycles. The molecule has 27 heavy (non-hydrogen) atoms. The number of amides is 1. The standard InChI is InChI=1S/C17H15ClN4O5/c1-10(23)8-16(24)19-13-7-6-11(27-2)9-15(13)21-20-14-5-3-4-12(18)17(14)22(25)26/h3-7,9H,8H2,1-2H3,(H,19,24). The summed E-state index contributed by atoms with van der Waals surface area (Å²) < 4.78 is 5.11. The average Bonchev–Trinajstić information content (AvgIpc) is 2.59. The van der Waals surface area contributed by atoms with E-state index in [2.05, 4.69) is 15.5 Å². The number of rotatable bonds is 7. The summed E-state index contributed by atoms with van der Waals surface area (Å²) in [6.45, 7) is 1.30. The van der Waals surface area contributed by atoms with Crippen LogP contribution in [0.25, 0.3) is 0 Å². The number of carbonyl (C=O) groups excluding carboxylic acids is 2. The molecule has 2 aromatic carbocycles. The number of para-hydroxylation sites is 1. The van der Waals surface area contributed by atoms with Crippen LogP contribution in [-0.2, 0) is 9.59 Å². The smallest absolute Gasteiger partial charge is 0.315 e. The van der Waals surface area contributed by atoms with Crippen molar-refractivity contribution in [2.24, 2.45) is 10.2 Å². The number of anilines is 1. The molecule has 0 bridgehead atoms. The maximum Gasteiger partial charge on any atom is 0.315 e. The number of nitrogens with zero attached hydrogens (tertiary/aromatic N) is 3. The van der Waals surface area contributed by atoms with Gasteiger partial charge in [-0.25, -0.2) is 0 Å². The van der Waals surface area contributed by atoms with Crippen LogP contribution in [0.15, 0.2) is 46.6 Å². The second-order valence-corrected chi connectivity index (χ2v) is 5.78.